The molecule has 33 heavy (non-hydrogen) atoms. The first-order valence-electron chi connectivity index (χ1n) is 11.1. The maximum atomic E-state index is 13.2. The van der Waals surface area contributed by atoms with E-state index in [0.29, 0.717) is 35.1 Å². The molecule has 2 N–H and O–H groups in total. The predicted molar refractivity (Wildman–Crippen MR) is 132 cm³/mol. The molecule has 1 aromatic heterocycles. The standard InChI is InChI=1S/C27H27NO4S/c1-18(26(29)19-7-9-20(10-8-19)27(30)31)23-17-21(25-6-4-16-33-25)11-12-24(23)32-15-13-22-5-2-3-14-28-22/h4,6-12,16-17,22,28H,1-3,5,13-15H2,(H,30,31). The lowest BCUT2D eigenvalue weighted by Gasteiger charge is -2.23. The Balaban J connectivity index is 1.57. The molecule has 0 amide bonds. The van der Waals surface area contributed by atoms with Gasteiger partial charge in [0.25, 0.3) is 0 Å². The number of ketones is 1. The number of benzene rings is 2. The Labute approximate surface area is 197 Å². The number of piperidine rings is 1. The average molecular weight is 462 g/mol. The summed E-state index contributed by atoms with van der Waals surface area (Å²) in [6.07, 6.45) is 4.53. The van der Waals surface area contributed by atoms with E-state index in [4.69, 9.17) is 9.84 Å². The van der Waals surface area contributed by atoms with Gasteiger partial charge in [0.05, 0.1) is 12.2 Å². The van der Waals surface area contributed by atoms with E-state index in [0.717, 1.165) is 29.8 Å². The summed E-state index contributed by atoms with van der Waals surface area (Å²) >= 11 is 1.63. The van der Waals surface area contributed by atoms with Crippen molar-refractivity contribution in [2.45, 2.75) is 31.7 Å². The molecule has 5 nitrogen and oxygen atoms in total. The van der Waals surface area contributed by atoms with Gasteiger partial charge in [-0.2, -0.15) is 0 Å². The fraction of sp³-hybridized carbons (Fsp3) is 0.259. The first-order chi connectivity index (χ1) is 16.0. The van der Waals surface area contributed by atoms with Gasteiger partial charge in [0, 0.05) is 27.6 Å². The quantitative estimate of drug-likeness (QED) is 0.306. The van der Waals surface area contributed by atoms with E-state index in [1.54, 1.807) is 11.3 Å². The zero-order chi connectivity index (χ0) is 23.2. The summed E-state index contributed by atoms with van der Waals surface area (Å²) in [5.74, 6) is -0.652. The molecule has 170 valence electrons. The first kappa shape index (κ1) is 23.0. The minimum Gasteiger partial charge on any atom is -0.493 e. The number of ether oxygens (including phenoxy) is 1. The van der Waals surface area contributed by atoms with Crippen LogP contribution in [0.15, 0.2) is 66.6 Å². The third-order valence-corrected chi connectivity index (χ3v) is 6.83. The van der Waals surface area contributed by atoms with Crippen LogP contribution >= 0.6 is 11.3 Å². The van der Waals surface area contributed by atoms with E-state index < -0.39 is 5.97 Å². The molecule has 0 bridgehead atoms. The Hall–Kier alpha value is -3.22. The van der Waals surface area contributed by atoms with Crippen molar-refractivity contribution in [2.24, 2.45) is 0 Å². The van der Waals surface area contributed by atoms with Gasteiger partial charge in [-0.05, 0) is 73.1 Å². The maximum Gasteiger partial charge on any atom is 0.335 e. The van der Waals surface area contributed by atoms with Crippen LogP contribution in [0.2, 0.25) is 0 Å². The number of hydrogen-bond acceptors (Lipinski definition) is 5. The summed E-state index contributed by atoms with van der Waals surface area (Å²) in [4.78, 5) is 25.4. The predicted octanol–water partition coefficient (Wildman–Crippen LogP) is 5.92. The second-order valence-corrected chi connectivity index (χ2v) is 9.11. The Bertz CT molecular complexity index is 1130. The number of thiophene rings is 1. The average Bonchev–Trinajstić information content (AvgIpc) is 3.39. The number of nitrogens with one attached hydrogen (secondary N) is 1. The van der Waals surface area contributed by atoms with E-state index in [9.17, 15) is 9.59 Å². The second kappa shape index (κ2) is 10.6. The van der Waals surface area contributed by atoms with Gasteiger partial charge in [0.2, 0.25) is 0 Å². The molecule has 0 radical (unpaired) electrons. The number of carboxylic acids is 1. The number of carboxylic acid groups (broad SMARTS) is 1. The summed E-state index contributed by atoms with van der Waals surface area (Å²) < 4.78 is 6.14. The third kappa shape index (κ3) is 5.59. The fourth-order valence-electron chi connectivity index (χ4n) is 4.03. The van der Waals surface area contributed by atoms with Crippen LogP contribution in [-0.4, -0.2) is 36.1 Å². The second-order valence-electron chi connectivity index (χ2n) is 8.16. The molecule has 1 aliphatic heterocycles. The van der Waals surface area contributed by atoms with Crippen LogP contribution in [0.5, 0.6) is 5.75 Å². The summed E-state index contributed by atoms with van der Waals surface area (Å²) in [5.41, 5.74) is 2.50. The number of hydrogen-bond donors (Lipinski definition) is 2. The van der Waals surface area contributed by atoms with Crippen molar-refractivity contribution in [3.8, 4) is 16.2 Å². The molecule has 1 aliphatic rings. The lowest BCUT2D eigenvalue weighted by atomic mass is 9.95. The zero-order valence-electron chi connectivity index (χ0n) is 18.4. The van der Waals surface area contributed by atoms with E-state index in [-0.39, 0.29) is 11.3 Å². The number of aromatic carboxylic acids is 1. The number of Topliss-reactive ketones (excluding diaryl/α,β-unsaturated/α-hetero) is 1. The Morgan fingerprint density at radius 2 is 1.88 bits per heavy atom. The Kier molecular flexibility index (Phi) is 7.37. The van der Waals surface area contributed by atoms with Crippen molar-refractivity contribution < 1.29 is 19.4 Å². The third-order valence-electron chi connectivity index (χ3n) is 5.91. The van der Waals surface area contributed by atoms with Crippen molar-refractivity contribution in [2.75, 3.05) is 13.2 Å². The van der Waals surface area contributed by atoms with Gasteiger partial charge >= 0.3 is 5.97 Å². The molecular weight excluding hydrogens is 434 g/mol. The minimum atomic E-state index is -1.03. The monoisotopic (exact) mass is 461 g/mol. The van der Waals surface area contributed by atoms with Crippen LogP contribution in [0, 0.1) is 0 Å². The fourth-order valence-corrected chi connectivity index (χ4v) is 4.75. The van der Waals surface area contributed by atoms with Crippen molar-refractivity contribution >= 4 is 28.7 Å². The van der Waals surface area contributed by atoms with Gasteiger partial charge in [-0.1, -0.05) is 31.2 Å². The van der Waals surface area contributed by atoms with Crippen LogP contribution in [0.25, 0.3) is 16.0 Å². The number of rotatable bonds is 9. The molecule has 2 aromatic carbocycles. The molecule has 0 saturated carbocycles. The van der Waals surface area contributed by atoms with Crippen molar-refractivity contribution in [1.82, 2.24) is 5.32 Å². The molecule has 1 saturated heterocycles. The summed E-state index contributed by atoms with van der Waals surface area (Å²) in [7, 11) is 0. The van der Waals surface area contributed by atoms with Gasteiger partial charge in [-0.15, -0.1) is 11.3 Å². The van der Waals surface area contributed by atoms with Gasteiger partial charge in [0.15, 0.2) is 5.78 Å². The molecule has 0 spiro atoms. The lowest BCUT2D eigenvalue weighted by molar-refractivity contribution is 0.0696. The number of allylic oxidation sites excluding steroid dienone is 1. The molecule has 3 aromatic rings. The van der Waals surface area contributed by atoms with Crippen molar-refractivity contribution in [1.29, 1.82) is 0 Å². The summed E-state index contributed by atoms with van der Waals surface area (Å²) in [5, 5.41) is 14.7. The van der Waals surface area contributed by atoms with Crippen molar-refractivity contribution in [3.05, 3.63) is 83.2 Å². The Morgan fingerprint density at radius 3 is 2.55 bits per heavy atom. The highest BCUT2D eigenvalue weighted by atomic mass is 32.1. The minimum absolute atomic E-state index is 0.136. The highest BCUT2D eigenvalue weighted by molar-refractivity contribution is 7.13. The van der Waals surface area contributed by atoms with Crippen LogP contribution < -0.4 is 10.1 Å². The highest BCUT2D eigenvalue weighted by Gasteiger charge is 2.19. The van der Waals surface area contributed by atoms with E-state index in [1.165, 1.54) is 37.1 Å². The molecule has 2 heterocycles. The van der Waals surface area contributed by atoms with Crippen LogP contribution in [0.4, 0.5) is 0 Å². The number of carbonyl (C=O) groups is 2. The zero-order valence-corrected chi connectivity index (χ0v) is 19.2. The van der Waals surface area contributed by atoms with Gasteiger partial charge in [0.1, 0.15) is 5.75 Å². The highest BCUT2D eigenvalue weighted by Crippen LogP contribution is 2.34. The van der Waals surface area contributed by atoms with Gasteiger partial charge in [-0.25, -0.2) is 4.79 Å². The van der Waals surface area contributed by atoms with Crippen LogP contribution in [0.3, 0.4) is 0 Å². The maximum absolute atomic E-state index is 13.2. The molecular formula is C27H27NO4S. The Morgan fingerprint density at radius 1 is 1.09 bits per heavy atom. The topological polar surface area (TPSA) is 75.6 Å². The van der Waals surface area contributed by atoms with Crippen molar-refractivity contribution in [3.63, 3.8) is 0 Å². The molecule has 4 rings (SSSR count). The number of carbonyl (C=O) groups excluding carboxylic acids is 1. The van der Waals surface area contributed by atoms with Gasteiger partial charge in [-0.3, -0.25) is 4.79 Å². The molecule has 0 aliphatic carbocycles. The summed E-state index contributed by atoms with van der Waals surface area (Å²) in [6.45, 7) is 5.69. The largest absolute Gasteiger partial charge is 0.493 e. The SMILES string of the molecule is C=C(C(=O)c1ccc(C(=O)O)cc1)c1cc(-c2cccs2)ccc1OCCC1CCCCN1. The van der Waals surface area contributed by atoms with E-state index in [1.807, 2.05) is 35.7 Å². The van der Waals surface area contributed by atoms with Crippen LogP contribution in [0.1, 0.15) is 52.0 Å². The van der Waals surface area contributed by atoms with E-state index in [2.05, 4.69) is 11.9 Å². The molecule has 1 fully saturated rings. The molecule has 6 heteroatoms. The van der Waals surface area contributed by atoms with Crippen LogP contribution in [-0.2, 0) is 0 Å². The normalized spacial score (nSPS) is 15.7. The lowest BCUT2D eigenvalue weighted by Crippen LogP contribution is -2.35. The summed E-state index contributed by atoms with van der Waals surface area (Å²) in [6, 6.07) is 16.3. The van der Waals surface area contributed by atoms with E-state index >= 15 is 0 Å². The molecule has 1 unspecified atom stereocenters. The molecule has 1 atom stereocenters. The smallest absolute Gasteiger partial charge is 0.335 e. The van der Waals surface area contributed by atoms with Gasteiger partial charge < -0.3 is 15.2 Å². The first-order valence-corrected chi connectivity index (χ1v) is 12.0.